The van der Waals surface area contributed by atoms with Gasteiger partial charge in [-0.2, -0.15) is 0 Å². The van der Waals surface area contributed by atoms with Crippen LogP contribution in [-0.2, 0) is 11.3 Å². The fourth-order valence-electron chi connectivity index (χ4n) is 1.03. The topological polar surface area (TPSA) is 81.1 Å². The van der Waals surface area contributed by atoms with E-state index in [9.17, 15) is 4.79 Å². The number of aryl methyl sites for hydroxylation is 1. The molecule has 0 saturated carbocycles. The van der Waals surface area contributed by atoms with Crippen LogP contribution in [0.2, 0.25) is 0 Å². The minimum absolute atomic E-state index is 0.423. The Balaban J connectivity index is 2.29. The standard InChI is InChI=1S/C9H15N3OS/c1-6-2-3-14-8(6)5-12-4-7(10)9(11)13/h2-3,7,12H,4-5,10H2,1H3,(H2,11,13). The van der Waals surface area contributed by atoms with Crippen molar-refractivity contribution >= 4 is 17.2 Å². The fraction of sp³-hybridized carbons (Fsp3) is 0.444. The molecule has 1 aromatic heterocycles. The Kier molecular flexibility index (Phi) is 4.06. The molecule has 1 unspecified atom stereocenters. The largest absolute Gasteiger partial charge is 0.368 e. The Bertz CT molecular complexity index is 311. The molecule has 0 aromatic carbocycles. The lowest BCUT2D eigenvalue weighted by Gasteiger charge is -2.08. The summed E-state index contributed by atoms with van der Waals surface area (Å²) in [6.07, 6.45) is 0. The summed E-state index contributed by atoms with van der Waals surface area (Å²) < 4.78 is 0. The van der Waals surface area contributed by atoms with E-state index in [1.165, 1.54) is 10.4 Å². The maximum Gasteiger partial charge on any atom is 0.235 e. The molecule has 0 radical (unpaired) electrons. The quantitative estimate of drug-likeness (QED) is 0.642. The number of nitrogens with one attached hydrogen (secondary N) is 1. The van der Waals surface area contributed by atoms with Crippen LogP contribution in [0.1, 0.15) is 10.4 Å². The van der Waals surface area contributed by atoms with E-state index in [2.05, 4.69) is 18.3 Å². The van der Waals surface area contributed by atoms with Crippen molar-refractivity contribution in [3.63, 3.8) is 0 Å². The average molecular weight is 213 g/mol. The third kappa shape index (κ3) is 3.10. The van der Waals surface area contributed by atoms with Gasteiger partial charge in [0.1, 0.15) is 0 Å². The molecule has 5 N–H and O–H groups in total. The maximum absolute atomic E-state index is 10.6. The molecule has 5 heteroatoms. The predicted octanol–water partition coefficient (Wildman–Crippen LogP) is -0.0413. The van der Waals surface area contributed by atoms with E-state index in [1.54, 1.807) is 11.3 Å². The number of amides is 1. The molecule has 1 amide bonds. The van der Waals surface area contributed by atoms with Gasteiger partial charge >= 0.3 is 0 Å². The van der Waals surface area contributed by atoms with E-state index in [-0.39, 0.29) is 0 Å². The average Bonchev–Trinajstić information content (AvgIpc) is 2.51. The summed E-state index contributed by atoms with van der Waals surface area (Å²) in [6.45, 7) is 3.22. The summed E-state index contributed by atoms with van der Waals surface area (Å²) in [5.74, 6) is -0.472. The summed E-state index contributed by atoms with van der Waals surface area (Å²) in [7, 11) is 0. The number of rotatable bonds is 5. The summed E-state index contributed by atoms with van der Waals surface area (Å²) in [5, 5.41) is 5.14. The molecular weight excluding hydrogens is 198 g/mol. The molecule has 0 saturated heterocycles. The summed E-state index contributed by atoms with van der Waals surface area (Å²) in [5.41, 5.74) is 11.7. The van der Waals surface area contributed by atoms with Gasteiger partial charge in [-0.05, 0) is 23.9 Å². The van der Waals surface area contributed by atoms with E-state index >= 15 is 0 Å². The van der Waals surface area contributed by atoms with E-state index in [0.717, 1.165) is 6.54 Å². The SMILES string of the molecule is Cc1ccsc1CNCC(N)C(N)=O. The number of primary amides is 1. The first-order valence-electron chi connectivity index (χ1n) is 4.40. The van der Waals surface area contributed by atoms with Gasteiger partial charge < -0.3 is 16.8 Å². The number of nitrogens with two attached hydrogens (primary N) is 2. The molecule has 0 bridgehead atoms. The minimum Gasteiger partial charge on any atom is -0.368 e. The second-order valence-electron chi connectivity index (χ2n) is 3.17. The molecule has 1 heterocycles. The molecule has 1 rings (SSSR count). The minimum atomic E-state index is -0.602. The molecule has 0 aliphatic heterocycles. The Labute approximate surface area is 87.3 Å². The highest BCUT2D eigenvalue weighted by Crippen LogP contribution is 2.14. The van der Waals surface area contributed by atoms with Gasteiger partial charge in [-0.15, -0.1) is 11.3 Å². The number of hydrogen-bond donors (Lipinski definition) is 3. The molecule has 4 nitrogen and oxygen atoms in total. The zero-order valence-corrected chi connectivity index (χ0v) is 8.93. The highest BCUT2D eigenvalue weighted by Gasteiger charge is 2.08. The van der Waals surface area contributed by atoms with Crippen LogP contribution >= 0.6 is 11.3 Å². The van der Waals surface area contributed by atoms with Crippen molar-refractivity contribution in [2.45, 2.75) is 19.5 Å². The van der Waals surface area contributed by atoms with Crippen LogP contribution in [0.3, 0.4) is 0 Å². The number of thiophene rings is 1. The van der Waals surface area contributed by atoms with Gasteiger partial charge in [0.2, 0.25) is 5.91 Å². The highest BCUT2D eigenvalue weighted by molar-refractivity contribution is 7.10. The molecule has 1 aromatic rings. The van der Waals surface area contributed by atoms with Crippen molar-refractivity contribution in [3.8, 4) is 0 Å². The Morgan fingerprint density at radius 3 is 2.93 bits per heavy atom. The van der Waals surface area contributed by atoms with E-state index < -0.39 is 11.9 Å². The monoisotopic (exact) mass is 213 g/mol. The number of carbonyl (C=O) groups is 1. The third-order valence-electron chi connectivity index (χ3n) is 1.98. The zero-order chi connectivity index (χ0) is 10.6. The van der Waals surface area contributed by atoms with E-state index in [0.29, 0.717) is 6.54 Å². The van der Waals surface area contributed by atoms with Crippen molar-refractivity contribution in [1.82, 2.24) is 5.32 Å². The van der Waals surface area contributed by atoms with Crippen LogP contribution in [0.25, 0.3) is 0 Å². The lowest BCUT2D eigenvalue weighted by Crippen LogP contribution is -2.44. The van der Waals surface area contributed by atoms with Crippen LogP contribution in [0, 0.1) is 6.92 Å². The van der Waals surface area contributed by atoms with Crippen molar-refractivity contribution < 1.29 is 4.79 Å². The van der Waals surface area contributed by atoms with E-state index in [4.69, 9.17) is 11.5 Å². The van der Waals surface area contributed by atoms with Crippen molar-refractivity contribution in [2.75, 3.05) is 6.54 Å². The summed E-state index contributed by atoms with van der Waals surface area (Å²) in [4.78, 5) is 11.9. The van der Waals surface area contributed by atoms with Gasteiger partial charge in [-0.25, -0.2) is 0 Å². The van der Waals surface area contributed by atoms with Crippen LogP contribution in [0.5, 0.6) is 0 Å². The van der Waals surface area contributed by atoms with Crippen molar-refractivity contribution in [2.24, 2.45) is 11.5 Å². The summed E-state index contributed by atoms with van der Waals surface area (Å²) >= 11 is 1.69. The molecule has 14 heavy (non-hydrogen) atoms. The summed E-state index contributed by atoms with van der Waals surface area (Å²) in [6, 6.07) is 1.46. The first-order valence-corrected chi connectivity index (χ1v) is 5.28. The number of carbonyl (C=O) groups excluding carboxylic acids is 1. The lowest BCUT2D eigenvalue weighted by molar-refractivity contribution is -0.119. The molecule has 0 spiro atoms. The van der Waals surface area contributed by atoms with Crippen LogP contribution in [-0.4, -0.2) is 18.5 Å². The first-order chi connectivity index (χ1) is 6.61. The Hall–Kier alpha value is -0.910. The fourth-order valence-corrected chi connectivity index (χ4v) is 1.90. The Morgan fingerprint density at radius 1 is 1.71 bits per heavy atom. The second-order valence-corrected chi connectivity index (χ2v) is 4.17. The normalized spacial score (nSPS) is 12.7. The predicted molar refractivity (Wildman–Crippen MR) is 57.9 cm³/mol. The third-order valence-corrected chi connectivity index (χ3v) is 3.01. The molecule has 78 valence electrons. The van der Waals surface area contributed by atoms with Gasteiger partial charge in [0, 0.05) is 18.0 Å². The molecule has 1 atom stereocenters. The molecule has 0 aliphatic carbocycles. The van der Waals surface area contributed by atoms with Crippen LogP contribution in [0.4, 0.5) is 0 Å². The van der Waals surface area contributed by atoms with Gasteiger partial charge in [0.05, 0.1) is 6.04 Å². The van der Waals surface area contributed by atoms with Crippen LogP contribution in [0.15, 0.2) is 11.4 Å². The smallest absolute Gasteiger partial charge is 0.235 e. The first kappa shape index (κ1) is 11.2. The second kappa shape index (κ2) is 5.09. The highest BCUT2D eigenvalue weighted by atomic mass is 32.1. The Morgan fingerprint density at radius 2 is 2.43 bits per heavy atom. The zero-order valence-electron chi connectivity index (χ0n) is 8.12. The number of hydrogen-bond acceptors (Lipinski definition) is 4. The molecular formula is C9H15N3OS. The van der Waals surface area contributed by atoms with E-state index in [1.807, 2.05) is 5.38 Å². The van der Waals surface area contributed by atoms with Gasteiger partial charge in [-0.1, -0.05) is 0 Å². The maximum atomic E-state index is 10.6. The van der Waals surface area contributed by atoms with Gasteiger partial charge in [0.25, 0.3) is 0 Å². The van der Waals surface area contributed by atoms with Gasteiger partial charge in [-0.3, -0.25) is 4.79 Å². The molecule has 0 aliphatic rings. The molecule has 0 fully saturated rings. The van der Waals surface area contributed by atoms with Crippen molar-refractivity contribution in [1.29, 1.82) is 0 Å². The van der Waals surface area contributed by atoms with Gasteiger partial charge in [0.15, 0.2) is 0 Å². The van der Waals surface area contributed by atoms with Crippen LogP contribution < -0.4 is 16.8 Å². The lowest BCUT2D eigenvalue weighted by atomic mass is 10.2. The van der Waals surface area contributed by atoms with Crippen molar-refractivity contribution in [3.05, 3.63) is 21.9 Å².